The predicted molar refractivity (Wildman–Crippen MR) is 82.8 cm³/mol. The summed E-state index contributed by atoms with van der Waals surface area (Å²) in [6.07, 6.45) is 0. The van der Waals surface area contributed by atoms with Crippen molar-refractivity contribution in [1.82, 2.24) is 0 Å². The Labute approximate surface area is 124 Å². The minimum atomic E-state index is -0.734. The highest BCUT2D eigenvalue weighted by atomic mass is 16.2. The van der Waals surface area contributed by atoms with Crippen LogP contribution >= 0.6 is 0 Å². The number of likely N-dealkylation sites (N-methyl/N-ethyl adjacent to an activating group) is 1. The number of aryl methyl sites for hydroxylation is 1. The molecule has 0 radical (unpaired) electrons. The molecular weight excluding hydrogens is 264 g/mol. The van der Waals surface area contributed by atoms with Crippen molar-refractivity contribution < 1.29 is 4.79 Å². The van der Waals surface area contributed by atoms with Crippen molar-refractivity contribution in [3.8, 4) is 0 Å². The number of nitrogens with zero attached hydrogens (tertiary/aromatic N) is 3. The Hall–Kier alpha value is -2.69. The highest BCUT2D eigenvalue weighted by Crippen LogP contribution is 2.23. The molecule has 0 saturated carbocycles. The Morgan fingerprint density at radius 3 is 2.29 bits per heavy atom. The number of amides is 1. The van der Waals surface area contributed by atoms with E-state index in [4.69, 9.17) is 5.84 Å². The number of rotatable bonds is 4. The van der Waals surface area contributed by atoms with Crippen LogP contribution in [-0.4, -0.2) is 13.0 Å². The van der Waals surface area contributed by atoms with Gasteiger partial charge in [-0.2, -0.15) is 5.11 Å². The lowest BCUT2D eigenvalue weighted by Gasteiger charge is -2.21. The number of benzene rings is 2. The summed E-state index contributed by atoms with van der Waals surface area (Å²) in [5, 5.41) is 7.17. The van der Waals surface area contributed by atoms with Gasteiger partial charge in [-0.1, -0.05) is 53.3 Å². The Morgan fingerprint density at radius 2 is 1.71 bits per heavy atom. The first-order valence-corrected chi connectivity index (χ1v) is 6.62. The molecule has 1 unspecified atom stereocenters. The van der Waals surface area contributed by atoms with Crippen LogP contribution in [0.15, 0.2) is 64.9 Å². The first-order chi connectivity index (χ1) is 10.1. The predicted octanol–water partition coefficient (Wildman–Crippen LogP) is 3.03. The molecule has 108 valence electrons. The van der Waals surface area contributed by atoms with Crippen LogP contribution in [0.4, 0.5) is 5.69 Å². The van der Waals surface area contributed by atoms with Gasteiger partial charge in [0.05, 0.1) is 0 Å². The highest BCUT2D eigenvalue weighted by molar-refractivity contribution is 5.97. The van der Waals surface area contributed by atoms with Crippen molar-refractivity contribution >= 4 is 11.6 Å². The molecule has 21 heavy (non-hydrogen) atoms. The van der Waals surface area contributed by atoms with Gasteiger partial charge in [-0.25, -0.2) is 0 Å². The molecule has 2 aromatic rings. The maximum atomic E-state index is 12.6. The van der Waals surface area contributed by atoms with E-state index in [1.54, 1.807) is 11.9 Å². The molecule has 0 fully saturated rings. The molecule has 5 heteroatoms. The third-order valence-electron chi connectivity index (χ3n) is 3.28. The Balaban J connectivity index is 2.28. The monoisotopic (exact) mass is 282 g/mol. The molecule has 1 amide bonds. The zero-order chi connectivity index (χ0) is 15.2. The molecule has 2 aromatic carbocycles. The van der Waals surface area contributed by atoms with E-state index in [1.165, 1.54) is 0 Å². The number of carbonyl (C=O) groups excluding carboxylic acids is 1. The van der Waals surface area contributed by atoms with Gasteiger partial charge in [-0.15, -0.1) is 0 Å². The largest absolute Gasteiger partial charge is 0.313 e. The molecule has 0 bridgehead atoms. The first-order valence-electron chi connectivity index (χ1n) is 6.62. The van der Waals surface area contributed by atoms with Crippen LogP contribution in [0.5, 0.6) is 0 Å². The molecule has 1 atom stereocenters. The molecule has 0 heterocycles. The summed E-state index contributed by atoms with van der Waals surface area (Å²) in [6.45, 7) is 2.00. The van der Waals surface area contributed by atoms with Crippen molar-refractivity contribution in [3.63, 3.8) is 0 Å². The van der Waals surface area contributed by atoms with E-state index in [0.717, 1.165) is 16.8 Å². The lowest BCUT2D eigenvalue weighted by Crippen LogP contribution is -2.31. The zero-order valence-electron chi connectivity index (χ0n) is 12.1. The minimum absolute atomic E-state index is 0.181. The summed E-state index contributed by atoms with van der Waals surface area (Å²) in [4.78, 5) is 14.2. The third kappa shape index (κ3) is 3.45. The van der Waals surface area contributed by atoms with Gasteiger partial charge in [0, 0.05) is 12.7 Å². The average molecular weight is 282 g/mol. The molecule has 2 rings (SSSR count). The second-order valence-electron chi connectivity index (χ2n) is 4.78. The van der Waals surface area contributed by atoms with Crippen LogP contribution in [-0.2, 0) is 4.79 Å². The Kier molecular flexibility index (Phi) is 4.66. The van der Waals surface area contributed by atoms with Crippen molar-refractivity contribution in [2.45, 2.75) is 13.0 Å². The number of nitrogens with two attached hydrogens (primary N) is 1. The van der Waals surface area contributed by atoms with E-state index in [0.29, 0.717) is 0 Å². The number of anilines is 1. The molecule has 0 aliphatic rings. The van der Waals surface area contributed by atoms with Gasteiger partial charge >= 0.3 is 0 Å². The summed E-state index contributed by atoms with van der Waals surface area (Å²) in [5.74, 6) is 4.97. The smallest absolute Gasteiger partial charge is 0.258 e. The molecule has 0 aliphatic carbocycles. The topological polar surface area (TPSA) is 71.0 Å². The fraction of sp³-hybridized carbons (Fsp3) is 0.188. The van der Waals surface area contributed by atoms with Gasteiger partial charge in [-0.3, -0.25) is 4.79 Å². The summed E-state index contributed by atoms with van der Waals surface area (Å²) in [5.41, 5.74) is 2.70. The van der Waals surface area contributed by atoms with Gasteiger partial charge < -0.3 is 10.7 Å². The van der Waals surface area contributed by atoms with Crippen LogP contribution in [0.3, 0.4) is 0 Å². The van der Waals surface area contributed by atoms with Gasteiger partial charge in [0.1, 0.15) is 0 Å². The second kappa shape index (κ2) is 6.65. The summed E-state index contributed by atoms with van der Waals surface area (Å²) < 4.78 is 0. The maximum absolute atomic E-state index is 12.6. The van der Waals surface area contributed by atoms with Gasteiger partial charge in [0.2, 0.25) is 0 Å². The van der Waals surface area contributed by atoms with Crippen molar-refractivity contribution in [2.75, 3.05) is 11.9 Å². The average Bonchev–Trinajstić information content (AvgIpc) is 2.53. The molecule has 2 N–H and O–H groups in total. The SMILES string of the molecule is Cc1ccc(N(C)C(=O)C(N=NN)c2ccccc2)cc1. The highest BCUT2D eigenvalue weighted by Gasteiger charge is 2.24. The van der Waals surface area contributed by atoms with E-state index >= 15 is 0 Å². The van der Waals surface area contributed by atoms with E-state index in [1.807, 2.05) is 61.5 Å². The number of carbonyl (C=O) groups is 1. The number of hydrogen-bond acceptors (Lipinski definition) is 3. The Bertz CT molecular complexity index is 622. The standard InChI is InChI=1S/C16H18N4O/c1-12-8-10-14(11-9-12)20(2)16(21)15(18-19-17)13-6-4-3-5-7-13/h3-11,15H,1-2H3,(H2,17,18). The molecule has 0 saturated heterocycles. The summed E-state index contributed by atoms with van der Waals surface area (Å²) in [6, 6.07) is 16.2. The second-order valence-corrected chi connectivity index (χ2v) is 4.78. The molecule has 0 aliphatic heterocycles. The lowest BCUT2D eigenvalue weighted by atomic mass is 10.1. The van der Waals surface area contributed by atoms with Gasteiger partial charge in [-0.05, 0) is 24.6 Å². The van der Waals surface area contributed by atoms with E-state index in [9.17, 15) is 4.79 Å². The van der Waals surface area contributed by atoms with Crippen molar-refractivity contribution in [1.29, 1.82) is 0 Å². The van der Waals surface area contributed by atoms with Crippen LogP contribution < -0.4 is 10.7 Å². The van der Waals surface area contributed by atoms with Crippen molar-refractivity contribution in [2.24, 2.45) is 16.2 Å². The molecule has 5 nitrogen and oxygen atoms in total. The van der Waals surface area contributed by atoms with E-state index in [2.05, 4.69) is 10.3 Å². The summed E-state index contributed by atoms with van der Waals surface area (Å²) >= 11 is 0. The Morgan fingerprint density at radius 1 is 1.10 bits per heavy atom. The van der Waals surface area contributed by atoms with Gasteiger partial charge in [0.15, 0.2) is 6.04 Å². The number of hydrogen-bond donors (Lipinski definition) is 1. The third-order valence-corrected chi connectivity index (χ3v) is 3.28. The minimum Gasteiger partial charge on any atom is -0.313 e. The van der Waals surface area contributed by atoms with Crippen LogP contribution in [0, 0.1) is 6.92 Å². The molecular formula is C16H18N4O. The first kappa shape index (κ1) is 14.7. The quantitative estimate of drug-likeness (QED) is 0.532. The lowest BCUT2D eigenvalue weighted by molar-refractivity contribution is -0.119. The van der Waals surface area contributed by atoms with E-state index < -0.39 is 6.04 Å². The fourth-order valence-electron chi connectivity index (χ4n) is 2.04. The fourth-order valence-corrected chi connectivity index (χ4v) is 2.04. The van der Waals surface area contributed by atoms with Crippen LogP contribution in [0.1, 0.15) is 17.2 Å². The van der Waals surface area contributed by atoms with Gasteiger partial charge in [0.25, 0.3) is 5.91 Å². The van der Waals surface area contributed by atoms with Crippen LogP contribution in [0.25, 0.3) is 0 Å². The van der Waals surface area contributed by atoms with Crippen molar-refractivity contribution in [3.05, 3.63) is 65.7 Å². The molecule has 0 spiro atoms. The van der Waals surface area contributed by atoms with E-state index in [-0.39, 0.29) is 5.91 Å². The molecule has 0 aromatic heterocycles. The summed E-state index contributed by atoms with van der Waals surface area (Å²) in [7, 11) is 1.72. The zero-order valence-corrected chi connectivity index (χ0v) is 12.1. The maximum Gasteiger partial charge on any atom is 0.258 e. The normalized spacial score (nSPS) is 12.3. The van der Waals surface area contributed by atoms with Crippen LogP contribution in [0.2, 0.25) is 0 Å².